The molecular weight excluding hydrogens is 336 g/mol. The molecule has 1 saturated heterocycles. The van der Waals surface area contributed by atoms with Crippen LogP contribution in [-0.4, -0.2) is 71.7 Å². The van der Waals surface area contributed by atoms with Gasteiger partial charge in [-0.25, -0.2) is 4.98 Å². The van der Waals surface area contributed by atoms with Crippen molar-refractivity contribution in [2.24, 2.45) is 0 Å². The van der Waals surface area contributed by atoms with E-state index in [-0.39, 0.29) is 22.6 Å². The summed E-state index contributed by atoms with van der Waals surface area (Å²) in [6.45, 7) is 8.85. The van der Waals surface area contributed by atoms with Crippen LogP contribution in [0.4, 0.5) is 0 Å². The molecule has 0 aliphatic carbocycles. The molecule has 0 unspecified atom stereocenters. The van der Waals surface area contributed by atoms with E-state index in [1.807, 2.05) is 0 Å². The Bertz CT molecular complexity index is 834. The second kappa shape index (κ2) is 8.01. The van der Waals surface area contributed by atoms with Crippen molar-refractivity contribution in [2.75, 3.05) is 46.4 Å². The van der Waals surface area contributed by atoms with Gasteiger partial charge in [0.15, 0.2) is 0 Å². The van der Waals surface area contributed by atoms with Gasteiger partial charge in [-0.2, -0.15) is 0 Å². The summed E-state index contributed by atoms with van der Waals surface area (Å²) in [5.41, 5.74) is 0.341. The van der Waals surface area contributed by atoms with Crippen LogP contribution in [0.5, 0.6) is 0 Å². The van der Waals surface area contributed by atoms with Crippen molar-refractivity contribution in [1.29, 1.82) is 0 Å². The third-order valence-electron chi connectivity index (χ3n) is 4.92. The van der Waals surface area contributed by atoms with Crippen molar-refractivity contribution in [2.45, 2.75) is 26.8 Å². The molecule has 0 radical (unpaired) electrons. The highest BCUT2D eigenvalue weighted by Crippen LogP contribution is 2.23. The zero-order valence-corrected chi connectivity index (χ0v) is 15.7. The van der Waals surface area contributed by atoms with E-state index in [0.29, 0.717) is 44.0 Å². The van der Waals surface area contributed by atoms with Crippen molar-refractivity contribution in [3.8, 4) is 0 Å². The Hall–Kier alpha value is -2.19. The number of hydrogen-bond acceptors (Lipinski definition) is 6. The van der Waals surface area contributed by atoms with E-state index in [0.717, 1.165) is 19.6 Å². The largest absolute Gasteiger partial charge is 0.442 e. The lowest BCUT2D eigenvalue weighted by Crippen LogP contribution is -2.48. The van der Waals surface area contributed by atoms with Crippen molar-refractivity contribution in [3.05, 3.63) is 28.0 Å². The van der Waals surface area contributed by atoms with Gasteiger partial charge >= 0.3 is 0 Å². The Balaban J connectivity index is 1.92. The van der Waals surface area contributed by atoms with E-state index in [1.165, 1.54) is 10.9 Å². The number of aryl methyl sites for hydroxylation is 2. The number of likely N-dealkylation sites (N-methyl/N-ethyl adjacent to an activating group) is 1. The first kappa shape index (κ1) is 18.6. The molecule has 26 heavy (non-hydrogen) atoms. The molecule has 0 N–H and O–H groups in total. The zero-order valence-electron chi connectivity index (χ0n) is 15.7. The number of aromatic nitrogens is 2. The number of furan rings is 1. The van der Waals surface area contributed by atoms with Crippen LogP contribution in [0.15, 0.2) is 15.5 Å². The van der Waals surface area contributed by atoms with Gasteiger partial charge in [-0.15, -0.1) is 0 Å². The van der Waals surface area contributed by atoms with E-state index in [2.05, 4.69) is 16.8 Å². The van der Waals surface area contributed by atoms with Crippen LogP contribution < -0.4 is 5.56 Å². The number of ether oxygens (including phenoxy) is 1. The third kappa shape index (κ3) is 3.52. The molecule has 2 aromatic heterocycles. The molecule has 1 aliphatic heterocycles. The molecule has 0 bridgehead atoms. The van der Waals surface area contributed by atoms with Crippen molar-refractivity contribution >= 4 is 17.0 Å². The normalized spacial score (nSPS) is 15.7. The number of hydrogen-bond donors (Lipinski definition) is 0. The van der Waals surface area contributed by atoms with Crippen LogP contribution in [0.25, 0.3) is 11.1 Å². The lowest BCUT2D eigenvalue weighted by molar-refractivity contribution is 0.0643. The maximum Gasteiger partial charge on any atom is 0.265 e. The Labute approximate surface area is 152 Å². The van der Waals surface area contributed by atoms with Gasteiger partial charge in [0, 0.05) is 46.4 Å². The average Bonchev–Trinajstić information content (AvgIpc) is 3.00. The van der Waals surface area contributed by atoms with Crippen LogP contribution in [-0.2, 0) is 11.3 Å². The smallest absolute Gasteiger partial charge is 0.265 e. The number of carbonyl (C=O) groups excluding carboxylic acids is 1. The summed E-state index contributed by atoms with van der Waals surface area (Å²) < 4.78 is 12.2. The van der Waals surface area contributed by atoms with Gasteiger partial charge in [-0.1, -0.05) is 6.92 Å². The highest BCUT2D eigenvalue weighted by molar-refractivity contribution is 6.06. The van der Waals surface area contributed by atoms with Crippen molar-refractivity contribution in [1.82, 2.24) is 19.4 Å². The Morgan fingerprint density at radius 1 is 1.31 bits per heavy atom. The monoisotopic (exact) mass is 362 g/mol. The summed E-state index contributed by atoms with van der Waals surface area (Å²) in [4.78, 5) is 34.3. The second-order valence-corrected chi connectivity index (χ2v) is 6.53. The lowest BCUT2D eigenvalue weighted by Gasteiger charge is -2.34. The summed E-state index contributed by atoms with van der Waals surface area (Å²) in [5, 5.41) is 0.283. The predicted octanol–water partition coefficient (Wildman–Crippen LogP) is 1.11. The summed E-state index contributed by atoms with van der Waals surface area (Å²) in [5.74, 6) is 0.299. The number of piperazine rings is 1. The molecule has 142 valence electrons. The highest BCUT2D eigenvalue weighted by Gasteiger charge is 2.28. The van der Waals surface area contributed by atoms with Gasteiger partial charge < -0.3 is 19.0 Å². The van der Waals surface area contributed by atoms with Gasteiger partial charge in [0.2, 0.25) is 5.71 Å². The molecule has 0 aromatic carbocycles. The summed E-state index contributed by atoms with van der Waals surface area (Å²) in [7, 11) is 1.62. The standard InChI is InChI=1S/C18H26N4O4/c1-4-20-7-9-21(10-8-20)17(23)14-13(2)26-16-15(14)18(24)22(12-19-16)6-5-11-25-3/h12H,4-11H2,1-3H3. The summed E-state index contributed by atoms with van der Waals surface area (Å²) >= 11 is 0. The fraction of sp³-hybridized carbons (Fsp3) is 0.611. The molecule has 1 aliphatic rings. The third-order valence-corrected chi connectivity index (χ3v) is 4.92. The number of carbonyl (C=O) groups is 1. The maximum absolute atomic E-state index is 13.1. The molecule has 3 rings (SSSR count). The van der Waals surface area contributed by atoms with E-state index >= 15 is 0 Å². The van der Waals surface area contributed by atoms with Gasteiger partial charge in [-0.3, -0.25) is 14.2 Å². The summed E-state index contributed by atoms with van der Waals surface area (Å²) in [6, 6.07) is 0. The quantitative estimate of drug-likeness (QED) is 0.716. The van der Waals surface area contributed by atoms with Crippen LogP contribution >= 0.6 is 0 Å². The Morgan fingerprint density at radius 2 is 2.04 bits per heavy atom. The molecule has 2 aromatic rings. The minimum Gasteiger partial charge on any atom is -0.442 e. The summed E-state index contributed by atoms with van der Waals surface area (Å²) in [6.07, 6.45) is 2.17. The van der Waals surface area contributed by atoms with Crippen LogP contribution in [0.2, 0.25) is 0 Å². The molecule has 1 fully saturated rings. The molecule has 0 saturated carbocycles. The number of fused-ring (bicyclic) bond motifs is 1. The molecule has 8 nitrogen and oxygen atoms in total. The lowest BCUT2D eigenvalue weighted by atomic mass is 10.1. The number of nitrogens with zero attached hydrogens (tertiary/aromatic N) is 4. The fourth-order valence-corrected chi connectivity index (χ4v) is 3.36. The topological polar surface area (TPSA) is 80.8 Å². The first-order valence-electron chi connectivity index (χ1n) is 9.06. The molecule has 0 spiro atoms. The number of rotatable bonds is 6. The molecule has 0 atom stereocenters. The average molecular weight is 362 g/mol. The fourth-order valence-electron chi connectivity index (χ4n) is 3.36. The van der Waals surface area contributed by atoms with Gasteiger partial charge in [0.1, 0.15) is 17.5 Å². The van der Waals surface area contributed by atoms with E-state index in [9.17, 15) is 9.59 Å². The number of methoxy groups -OCH3 is 1. The van der Waals surface area contributed by atoms with Crippen LogP contribution in [0.3, 0.4) is 0 Å². The first-order chi connectivity index (χ1) is 12.6. The van der Waals surface area contributed by atoms with E-state index in [1.54, 1.807) is 18.9 Å². The molecule has 1 amide bonds. The zero-order chi connectivity index (χ0) is 18.7. The van der Waals surface area contributed by atoms with Crippen molar-refractivity contribution in [3.63, 3.8) is 0 Å². The van der Waals surface area contributed by atoms with Crippen molar-refractivity contribution < 1.29 is 13.9 Å². The minimum absolute atomic E-state index is 0.148. The minimum atomic E-state index is -0.238. The van der Waals surface area contributed by atoms with Gasteiger partial charge in [0.25, 0.3) is 11.5 Å². The van der Waals surface area contributed by atoms with E-state index < -0.39 is 0 Å². The molecule has 8 heteroatoms. The van der Waals surface area contributed by atoms with E-state index in [4.69, 9.17) is 9.15 Å². The maximum atomic E-state index is 13.1. The van der Waals surface area contributed by atoms with Crippen LogP contribution in [0.1, 0.15) is 29.5 Å². The van der Waals surface area contributed by atoms with Gasteiger partial charge in [0.05, 0.1) is 5.56 Å². The first-order valence-corrected chi connectivity index (χ1v) is 9.06. The van der Waals surface area contributed by atoms with Crippen LogP contribution in [0, 0.1) is 6.92 Å². The molecular formula is C18H26N4O4. The highest BCUT2D eigenvalue weighted by atomic mass is 16.5. The van der Waals surface area contributed by atoms with Gasteiger partial charge in [-0.05, 0) is 19.9 Å². The SMILES string of the molecule is CCN1CCN(C(=O)c2c(C)oc3ncn(CCCOC)c(=O)c23)CC1. The predicted molar refractivity (Wildman–Crippen MR) is 97.5 cm³/mol. The number of amides is 1. The second-order valence-electron chi connectivity index (χ2n) is 6.53. The Kier molecular flexibility index (Phi) is 5.73. The Morgan fingerprint density at radius 3 is 2.69 bits per heavy atom. The molecule has 3 heterocycles.